The van der Waals surface area contributed by atoms with Crippen molar-refractivity contribution < 1.29 is 9.47 Å². The van der Waals surface area contributed by atoms with Crippen molar-refractivity contribution in [1.29, 1.82) is 0 Å². The van der Waals surface area contributed by atoms with Gasteiger partial charge in [-0.3, -0.25) is 4.99 Å². The van der Waals surface area contributed by atoms with Crippen molar-refractivity contribution in [2.24, 2.45) is 10.9 Å². The number of rotatable bonds is 8. The largest absolute Gasteiger partial charge is 0.494 e. The summed E-state index contributed by atoms with van der Waals surface area (Å²) in [7, 11) is 1.77. The zero-order valence-corrected chi connectivity index (χ0v) is 18.0. The number of hydrogen-bond donors (Lipinski definition) is 1. The molecule has 0 aromatic heterocycles. The maximum absolute atomic E-state index is 5.76. The molecule has 1 aromatic rings. The third kappa shape index (κ3) is 7.81. The van der Waals surface area contributed by atoms with Crippen LogP contribution in [0.3, 0.4) is 0 Å². The van der Waals surface area contributed by atoms with E-state index in [4.69, 9.17) is 14.5 Å². The Morgan fingerprint density at radius 3 is 2.76 bits per heavy atom. The van der Waals surface area contributed by atoms with E-state index in [1.807, 2.05) is 12.1 Å². The highest BCUT2D eigenvalue weighted by Crippen LogP contribution is 2.16. The molecule has 5 nitrogen and oxygen atoms in total. The number of methoxy groups -OCH3 is 1. The van der Waals surface area contributed by atoms with E-state index in [0.717, 1.165) is 50.9 Å². The second-order valence-corrected chi connectivity index (χ2v) is 6.31. The lowest BCUT2D eigenvalue weighted by atomic mass is 10.1. The maximum Gasteiger partial charge on any atom is 0.193 e. The number of guanidine groups is 1. The first-order chi connectivity index (χ1) is 11.7. The van der Waals surface area contributed by atoms with E-state index in [1.165, 1.54) is 12.0 Å². The van der Waals surface area contributed by atoms with E-state index in [-0.39, 0.29) is 24.0 Å². The molecule has 1 N–H and O–H groups in total. The van der Waals surface area contributed by atoms with Crippen molar-refractivity contribution >= 4 is 29.9 Å². The number of halogens is 1. The lowest BCUT2D eigenvalue weighted by Gasteiger charge is -2.21. The number of ether oxygens (including phenoxy) is 2. The second-order valence-electron chi connectivity index (χ2n) is 6.31. The average Bonchev–Trinajstić information content (AvgIpc) is 3.04. The number of hydrogen-bond acceptors (Lipinski definition) is 3. The topological polar surface area (TPSA) is 46.1 Å². The Hall–Kier alpha value is -1.02. The van der Waals surface area contributed by atoms with Gasteiger partial charge in [-0.05, 0) is 32.4 Å². The summed E-state index contributed by atoms with van der Waals surface area (Å²) < 4.78 is 11.0. The zero-order valence-electron chi connectivity index (χ0n) is 15.7. The molecule has 1 atom stereocenters. The predicted molar refractivity (Wildman–Crippen MR) is 114 cm³/mol. The van der Waals surface area contributed by atoms with Gasteiger partial charge in [0.05, 0.1) is 13.2 Å². The third-order valence-corrected chi connectivity index (χ3v) is 4.18. The molecule has 0 bridgehead atoms. The summed E-state index contributed by atoms with van der Waals surface area (Å²) in [4.78, 5) is 7.09. The van der Waals surface area contributed by atoms with E-state index >= 15 is 0 Å². The van der Waals surface area contributed by atoms with Crippen LogP contribution in [0.5, 0.6) is 5.75 Å². The van der Waals surface area contributed by atoms with E-state index in [1.54, 1.807) is 7.11 Å². The molecule has 1 aliphatic heterocycles. The third-order valence-electron chi connectivity index (χ3n) is 4.18. The molecule has 0 radical (unpaired) electrons. The molecule has 1 aromatic carbocycles. The van der Waals surface area contributed by atoms with Crippen LogP contribution in [0.25, 0.3) is 0 Å². The van der Waals surface area contributed by atoms with Gasteiger partial charge in [0.1, 0.15) is 5.75 Å². The monoisotopic (exact) mass is 461 g/mol. The first kappa shape index (κ1) is 22.0. The fraction of sp³-hybridized carbons (Fsp3) is 0.632. The molecule has 0 amide bonds. The number of nitrogens with one attached hydrogen (secondary N) is 1. The smallest absolute Gasteiger partial charge is 0.193 e. The number of aliphatic imine (C=N–C) groups is 1. The van der Waals surface area contributed by atoms with Crippen LogP contribution in [0.4, 0.5) is 0 Å². The minimum absolute atomic E-state index is 0. The second kappa shape index (κ2) is 12.4. The van der Waals surface area contributed by atoms with Gasteiger partial charge in [0.2, 0.25) is 0 Å². The maximum atomic E-state index is 5.76. The van der Waals surface area contributed by atoms with Gasteiger partial charge in [-0.1, -0.05) is 17.7 Å². The molecule has 0 saturated carbocycles. The van der Waals surface area contributed by atoms with Gasteiger partial charge < -0.3 is 19.7 Å². The van der Waals surface area contributed by atoms with E-state index in [2.05, 4.69) is 36.2 Å². The fourth-order valence-electron chi connectivity index (χ4n) is 2.90. The van der Waals surface area contributed by atoms with E-state index in [9.17, 15) is 0 Å². The number of aryl methyl sites for hydroxylation is 1. The highest BCUT2D eigenvalue weighted by Gasteiger charge is 2.24. The van der Waals surface area contributed by atoms with Crippen molar-refractivity contribution in [2.75, 3.05) is 46.5 Å². The zero-order chi connectivity index (χ0) is 17.2. The van der Waals surface area contributed by atoms with Gasteiger partial charge in [-0.15, -0.1) is 24.0 Å². The van der Waals surface area contributed by atoms with Crippen LogP contribution in [0.15, 0.2) is 29.3 Å². The molecular weight excluding hydrogens is 429 g/mol. The standard InChI is InChI=1S/C19H31N3O2.HI/c1-4-20-19(22-12-10-17(14-22)15-23-3)21-11-5-13-24-18-8-6-16(2)7-9-18;/h6-9,17H,4-5,10-15H2,1-3H3,(H,20,21);1H. The fourth-order valence-corrected chi connectivity index (χ4v) is 2.90. The number of nitrogens with zero attached hydrogens (tertiary/aromatic N) is 2. The van der Waals surface area contributed by atoms with Gasteiger partial charge in [0.25, 0.3) is 0 Å². The Morgan fingerprint density at radius 2 is 2.08 bits per heavy atom. The number of likely N-dealkylation sites (tertiary alicyclic amines) is 1. The van der Waals surface area contributed by atoms with Crippen LogP contribution in [-0.4, -0.2) is 57.4 Å². The van der Waals surface area contributed by atoms with Crippen LogP contribution >= 0.6 is 24.0 Å². The van der Waals surface area contributed by atoms with Crippen LogP contribution < -0.4 is 10.1 Å². The molecule has 2 rings (SSSR count). The van der Waals surface area contributed by atoms with Crippen LogP contribution in [0, 0.1) is 12.8 Å². The molecule has 25 heavy (non-hydrogen) atoms. The van der Waals surface area contributed by atoms with Gasteiger partial charge in [-0.25, -0.2) is 0 Å². The molecule has 6 heteroatoms. The predicted octanol–water partition coefficient (Wildman–Crippen LogP) is 3.32. The van der Waals surface area contributed by atoms with Crippen molar-refractivity contribution in [1.82, 2.24) is 10.2 Å². The first-order valence-electron chi connectivity index (χ1n) is 8.94. The summed E-state index contributed by atoms with van der Waals surface area (Å²) in [5, 5.41) is 3.40. The molecule has 0 spiro atoms. The van der Waals surface area contributed by atoms with Gasteiger partial charge in [0, 0.05) is 45.6 Å². The summed E-state index contributed by atoms with van der Waals surface area (Å²) in [6.45, 7) is 9.47. The quantitative estimate of drug-likeness (QED) is 0.279. The highest BCUT2D eigenvalue weighted by molar-refractivity contribution is 14.0. The highest BCUT2D eigenvalue weighted by atomic mass is 127. The molecule has 1 unspecified atom stereocenters. The minimum atomic E-state index is 0. The molecule has 1 saturated heterocycles. The van der Waals surface area contributed by atoms with Crippen molar-refractivity contribution in [3.05, 3.63) is 29.8 Å². The lowest BCUT2D eigenvalue weighted by Crippen LogP contribution is -2.40. The van der Waals surface area contributed by atoms with Crippen LogP contribution in [0.1, 0.15) is 25.3 Å². The van der Waals surface area contributed by atoms with Crippen molar-refractivity contribution in [2.45, 2.75) is 26.7 Å². The molecule has 1 fully saturated rings. The Bertz CT molecular complexity index is 508. The van der Waals surface area contributed by atoms with Crippen LogP contribution in [-0.2, 0) is 4.74 Å². The Morgan fingerprint density at radius 1 is 1.32 bits per heavy atom. The number of benzene rings is 1. The lowest BCUT2D eigenvalue weighted by molar-refractivity contribution is 0.157. The van der Waals surface area contributed by atoms with Gasteiger partial charge in [-0.2, -0.15) is 0 Å². The Labute approximate surface area is 169 Å². The molecule has 0 aliphatic carbocycles. The Balaban J connectivity index is 0.00000312. The van der Waals surface area contributed by atoms with Gasteiger partial charge >= 0.3 is 0 Å². The summed E-state index contributed by atoms with van der Waals surface area (Å²) in [6, 6.07) is 8.17. The van der Waals surface area contributed by atoms with Crippen LogP contribution in [0.2, 0.25) is 0 Å². The van der Waals surface area contributed by atoms with Crippen molar-refractivity contribution in [3.8, 4) is 5.75 Å². The van der Waals surface area contributed by atoms with E-state index < -0.39 is 0 Å². The van der Waals surface area contributed by atoms with Crippen molar-refractivity contribution in [3.63, 3.8) is 0 Å². The van der Waals surface area contributed by atoms with E-state index in [0.29, 0.717) is 12.5 Å². The summed E-state index contributed by atoms with van der Waals surface area (Å²) in [5.41, 5.74) is 1.25. The normalized spacial score (nSPS) is 17.3. The minimum Gasteiger partial charge on any atom is -0.494 e. The first-order valence-corrected chi connectivity index (χ1v) is 8.94. The summed E-state index contributed by atoms with van der Waals surface area (Å²) in [5.74, 6) is 2.56. The Kier molecular flexibility index (Phi) is 10.9. The molecule has 1 aliphatic rings. The summed E-state index contributed by atoms with van der Waals surface area (Å²) >= 11 is 0. The summed E-state index contributed by atoms with van der Waals surface area (Å²) in [6.07, 6.45) is 2.09. The molecular formula is C19H32IN3O2. The molecule has 1 heterocycles. The SMILES string of the molecule is CCNC(=NCCCOc1ccc(C)cc1)N1CCC(COC)C1.I. The molecule has 142 valence electrons. The van der Waals surface area contributed by atoms with Gasteiger partial charge in [0.15, 0.2) is 5.96 Å². The average molecular weight is 461 g/mol.